The molecule has 2 rings (SSSR count). The summed E-state index contributed by atoms with van der Waals surface area (Å²) in [4.78, 5) is 11.8. The number of hydrogen-bond donors (Lipinski definition) is 1. The number of carbonyl (C=O) groups is 1. The lowest BCUT2D eigenvalue weighted by Crippen LogP contribution is -2.36. The predicted molar refractivity (Wildman–Crippen MR) is 65.6 cm³/mol. The molecular formula is C13H18N2O2. The van der Waals surface area contributed by atoms with E-state index >= 15 is 0 Å². The molecule has 4 nitrogen and oxygen atoms in total. The van der Waals surface area contributed by atoms with Crippen molar-refractivity contribution in [1.29, 1.82) is 0 Å². The highest BCUT2D eigenvalue weighted by molar-refractivity contribution is 5.82. The summed E-state index contributed by atoms with van der Waals surface area (Å²) in [5.41, 5.74) is 2.18. The number of nitrogens with zero attached hydrogens (tertiary/aromatic N) is 1. The number of likely N-dealkylation sites (N-methyl/N-ethyl adjacent to an activating group) is 1. The van der Waals surface area contributed by atoms with Gasteiger partial charge in [-0.15, -0.1) is 0 Å². The number of amides is 1. The van der Waals surface area contributed by atoms with E-state index in [-0.39, 0.29) is 11.8 Å². The molecule has 0 aliphatic carbocycles. The molecule has 0 aromatic heterocycles. The Labute approximate surface area is 101 Å². The van der Waals surface area contributed by atoms with Crippen LogP contribution in [-0.2, 0) is 11.2 Å². The summed E-state index contributed by atoms with van der Waals surface area (Å²) in [6.45, 7) is 2.66. The Morgan fingerprint density at radius 1 is 1.53 bits per heavy atom. The van der Waals surface area contributed by atoms with Crippen molar-refractivity contribution >= 4 is 5.91 Å². The average Bonchev–Trinajstić information content (AvgIpc) is 2.36. The van der Waals surface area contributed by atoms with Crippen LogP contribution in [0.1, 0.15) is 30.4 Å². The van der Waals surface area contributed by atoms with E-state index in [0.29, 0.717) is 0 Å². The van der Waals surface area contributed by atoms with E-state index in [9.17, 15) is 4.79 Å². The molecule has 0 saturated heterocycles. The summed E-state index contributed by atoms with van der Waals surface area (Å²) in [6, 6.07) is 5.95. The van der Waals surface area contributed by atoms with Crippen LogP contribution in [0.5, 0.6) is 5.75 Å². The second-order valence-corrected chi connectivity index (χ2v) is 4.49. The highest BCUT2D eigenvalue weighted by atomic mass is 16.5. The Bertz CT molecular complexity index is 429. The van der Waals surface area contributed by atoms with Crippen LogP contribution < -0.4 is 10.6 Å². The van der Waals surface area contributed by atoms with Gasteiger partial charge in [0.15, 0.2) is 0 Å². The molecule has 92 valence electrons. The van der Waals surface area contributed by atoms with Crippen molar-refractivity contribution in [3.63, 3.8) is 0 Å². The highest BCUT2D eigenvalue weighted by Gasteiger charge is 2.19. The topological polar surface area (TPSA) is 55.6 Å². The number of rotatable bonds is 2. The molecule has 1 aromatic rings. The van der Waals surface area contributed by atoms with Crippen molar-refractivity contribution in [3.05, 3.63) is 29.3 Å². The van der Waals surface area contributed by atoms with Gasteiger partial charge in [0.25, 0.3) is 0 Å². The van der Waals surface area contributed by atoms with Crippen LogP contribution in [0.3, 0.4) is 0 Å². The molecular weight excluding hydrogens is 216 g/mol. The first kappa shape index (κ1) is 11.9. The van der Waals surface area contributed by atoms with Gasteiger partial charge in [0.1, 0.15) is 5.75 Å². The number of fused-ring (bicyclic) bond motifs is 1. The minimum Gasteiger partial charge on any atom is -0.493 e. The number of aryl methyl sites for hydroxylation is 1. The average molecular weight is 234 g/mol. The quantitative estimate of drug-likeness (QED) is 0.478. The first-order valence-electron chi connectivity index (χ1n) is 5.87. The van der Waals surface area contributed by atoms with Crippen LogP contribution in [0.15, 0.2) is 18.2 Å². The van der Waals surface area contributed by atoms with E-state index in [2.05, 4.69) is 6.07 Å². The number of carbonyl (C=O) groups excluding carboxylic acids is 1. The van der Waals surface area contributed by atoms with Crippen molar-refractivity contribution in [1.82, 2.24) is 5.01 Å². The Hall–Kier alpha value is -1.55. The van der Waals surface area contributed by atoms with E-state index in [1.165, 1.54) is 5.56 Å². The summed E-state index contributed by atoms with van der Waals surface area (Å²) >= 11 is 0. The Balaban J connectivity index is 2.24. The van der Waals surface area contributed by atoms with E-state index in [4.69, 9.17) is 10.6 Å². The van der Waals surface area contributed by atoms with Crippen LogP contribution in [0.2, 0.25) is 0 Å². The molecule has 1 aromatic carbocycles. The summed E-state index contributed by atoms with van der Waals surface area (Å²) in [7, 11) is 1.57. The third-order valence-electron chi connectivity index (χ3n) is 3.15. The van der Waals surface area contributed by atoms with Gasteiger partial charge in [-0.25, -0.2) is 5.84 Å². The maximum absolute atomic E-state index is 11.8. The van der Waals surface area contributed by atoms with Gasteiger partial charge in [0.05, 0.1) is 12.5 Å². The van der Waals surface area contributed by atoms with Gasteiger partial charge in [0.2, 0.25) is 5.91 Å². The number of nitrogens with two attached hydrogens (primary N) is 1. The minimum absolute atomic E-state index is 0.0818. The van der Waals surface area contributed by atoms with E-state index in [1.807, 2.05) is 19.1 Å². The van der Waals surface area contributed by atoms with Crippen LogP contribution in [0.4, 0.5) is 0 Å². The first-order chi connectivity index (χ1) is 8.09. The number of ether oxygens (including phenoxy) is 1. The fourth-order valence-electron chi connectivity index (χ4n) is 2.10. The molecule has 1 heterocycles. The van der Waals surface area contributed by atoms with Crippen LogP contribution in [-0.4, -0.2) is 24.6 Å². The molecule has 1 amide bonds. The lowest BCUT2D eigenvalue weighted by molar-refractivity contribution is -0.131. The predicted octanol–water partition coefficient (Wildman–Crippen LogP) is 1.45. The fourth-order valence-corrected chi connectivity index (χ4v) is 2.10. The lowest BCUT2D eigenvalue weighted by atomic mass is 9.95. The number of hydrogen-bond acceptors (Lipinski definition) is 3. The molecule has 0 saturated carbocycles. The molecule has 1 atom stereocenters. The maximum Gasteiger partial charge on any atom is 0.243 e. The third kappa shape index (κ3) is 2.42. The molecule has 1 aliphatic heterocycles. The van der Waals surface area contributed by atoms with Gasteiger partial charge in [-0.2, -0.15) is 0 Å². The zero-order chi connectivity index (χ0) is 12.4. The first-order valence-corrected chi connectivity index (χ1v) is 5.87. The van der Waals surface area contributed by atoms with Gasteiger partial charge in [-0.05, 0) is 37.0 Å². The maximum atomic E-state index is 11.8. The molecule has 0 radical (unpaired) electrons. The second-order valence-electron chi connectivity index (χ2n) is 4.49. The molecule has 17 heavy (non-hydrogen) atoms. The smallest absolute Gasteiger partial charge is 0.243 e. The van der Waals surface area contributed by atoms with Gasteiger partial charge in [-0.3, -0.25) is 9.80 Å². The van der Waals surface area contributed by atoms with E-state index in [1.54, 1.807) is 7.05 Å². The minimum atomic E-state index is -0.211. The largest absolute Gasteiger partial charge is 0.493 e. The molecule has 1 aliphatic rings. The van der Waals surface area contributed by atoms with Crippen LogP contribution >= 0.6 is 0 Å². The molecule has 0 bridgehead atoms. The van der Waals surface area contributed by atoms with Crippen molar-refractivity contribution in [3.8, 4) is 5.75 Å². The summed E-state index contributed by atoms with van der Waals surface area (Å²) in [5, 5.41) is 1.14. The monoisotopic (exact) mass is 234 g/mol. The number of benzene rings is 1. The van der Waals surface area contributed by atoms with Crippen LogP contribution in [0.25, 0.3) is 0 Å². The Morgan fingerprint density at radius 2 is 2.29 bits per heavy atom. The Kier molecular flexibility index (Phi) is 3.33. The lowest BCUT2D eigenvalue weighted by Gasteiger charge is -2.21. The summed E-state index contributed by atoms with van der Waals surface area (Å²) in [5.74, 6) is 6.12. The van der Waals surface area contributed by atoms with Crippen molar-refractivity contribution < 1.29 is 9.53 Å². The van der Waals surface area contributed by atoms with Crippen molar-refractivity contribution in [2.24, 2.45) is 5.84 Å². The van der Waals surface area contributed by atoms with Crippen LogP contribution in [0, 0.1) is 0 Å². The third-order valence-corrected chi connectivity index (χ3v) is 3.15. The highest BCUT2D eigenvalue weighted by Crippen LogP contribution is 2.28. The van der Waals surface area contributed by atoms with Gasteiger partial charge in [0, 0.05) is 7.05 Å². The van der Waals surface area contributed by atoms with Crippen molar-refractivity contribution in [2.75, 3.05) is 13.7 Å². The molecule has 2 N–H and O–H groups in total. The van der Waals surface area contributed by atoms with Crippen molar-refractivity contribution in [2.45, 2.75) is 25.7 Å². The number of hydrazine groups is 1. The Morgan fingerprint density at radius 3 is 3.00 bits per heavy atom. The van der Waals surface area contributed by atoms with Gasteiger partial charge in [-0.1, -0.05) is 12.1 Å². The fraction of sp³-hybridized carbons (Fsp3) is 0.462. The SMILES string of the molecule is CC(C(=O)N(C)N)c1ccc2c(c1)CCCO2. The van der Waals surface area contributed by atoms with E-state index < -0.39 is 0 Å². The van der Waals surface area contributed by atoms with Gasteiger partial charge >= 0.3 is 0 Å². The second kappa shape index (κ2) is 4.75. The zero-order valence-electron chi connectivity index (χ0n) is 10.3. The normalized spacial score (nSPS) is 15.7. The zero-order valence-corrected chi connectivity index (χ0v) is 10.3. The standard InChI is InChI=1S/C13H18N2O2/c1-9(13(16)15(2)14)10-5-6-12-11(8-10)4-3-7-17-12/h5-6,8-9H,3-4,7,14H2,1-2H3. The van der Waals surface area contributed by atoms with E-state index in [0.717, 1.165) is 35.8 Å². The molecule has 0 fully saturated rings. The summed E-state index contributed by atoms with van der Waals surface area (Å²) < 4.78 is 5.55. The molecule has 1 unspecified atom stereocenters. The molecule has 0 spiro atoms. The summed E-state index contributed by atoms with van der Waals surface area (Å²) in [6.07, 6.45) is 2.05. The molecule has 4 heteroatoms. The van der Waals surface area contributed by atoms with Gasteiger partial charge < -0.3 is 4.74 Å².